The quantitative estimate of drug-likeness (QED) is 0.467. The Morgan fingerprint density at radius 2 is 1.38 bits per heavy atom. The van der Waals surface area contributed by atoms with Crippen molar-refractivity contribution < 1.29 is 28.7 Å². The van der Waals surface area contributed by atoms with Gasteiger partial charge in [0, 0.05) is 0 Å². The number of carbonyl (C=O) groups is 4. The number of methoxy groups -OCH3 is 2. The molecule has 0 aromatic heterocycles. The molecule has 0 amide bonds. The van der Waals surface area contributed by atoms with Crippen molar-refractivity contribution in [1.82, 2.24) is 0 Å². The first-order valence-corrected chi connectivity index (χ1v) is 4.72. The van der Waals surface area contributed by atoms with Crippen LogP contribution >= 0.6 is 0 Å². The Hall–Kier alpha value is -1.72. The molecule has 1 fully saturated rings. The highest BCUT2D eigenvalue weighted by Crippen LogP contribution is 2.25. The number of hydrogen-bond donors (Lipinski definition) is 0. The summed E-state index contributed by atoms with van der Waals surface area (Å²) in [7, 11) is 2.30. The lowest BCUT2D eigenvalue weighted by Gasteiger charge is -2.23. The lowest BCUT2D eigenvalue weighted by atomic mass is 9.79. The van der Waals surface area contributed by atoms with Crippen LogP contribution in [0.25, 0.3) is 0 Å². The van der Waals surface area contributed by atoms with E-state index in [1.165, 1.54) is 0 Å². The molecule has 0 aliphatic heterocycles. The van der Waals surface area contributed by atoms with Gasteiger partial charge in [0.05, 0.1) is 20.6 Å². The van der Waals surface area contributed by atoms with Crippen LogP contribution in [0.3, 0.4) is 0 Å². The van der Waals surface area contributed by atoms with E-state index in [4.69, 9.17) is 0 Å². The Balaban J connectivity index is 2.84. The van der Waals surface area contributed by atoms with E-state index in [1.807, 2.05) is 0 Å². The summed E-state index contributed by atoms with van der Waals surface area (Å²) in [6, 6.07) is 0. The highest BCUT2D eigenvalue weighted by Gasteiger charge is 2.43. The zero-order valence-electron chi connectivity index (χ0n) is 9.02. The smallest absolute Gasteiger partial charge is 0.316 e. The predicted molar refractivity (Wildman–Crippen MR) is 50.3 cm³/mol. The summed E-state index contributed by atoms with van der Waals surface area (Å²) in [6.45, 7) is 0. The first-order chi connectivity index (χ1) is 7.51. The van der Waals surface area contributed by atoms with Gasteiger partial charge in [0.15, 0.2) is 11.6 Å². The van der Waals surface area contributed by atoms with Gasteiger partial charge in [-0.2, -0.15) is 0 Å². The number of hydrogen-bond acceptors (Lipinski definition) is 6. The van der Waals surface area contributed by atoms with Crippen LogP contribution in [0.5, 0.6) is 0 Å². The molecule has 2 atom stereocenters. The van der Waals surface area contributed by atoms with E-state index in [9.17, 15) is 19.2 Å². The van der Waals surface area contributed by atoms with Gasteiger partial charge in [-0.25, -0.2) is 0 Å². The van der Waals surface area contributed by atoms with Crippen LogP contribution in [0.4, 0.5) is 0 Å². The zero-order chi connectivity index (χ0) is 12.3. The maximum absolute atomic E-state index is 11.4. The number of ketones is 2. The van der Waals surface area contributed by atoms with Crippen LogP contribution in [-0.2, 0) is 28.7 Å². The minimum atomic E-state index is -1.04. The minimum Gasteiger partial charge on any atom is -0.468 e. The second kappa shape index (κ2) is 4.87. The number of rotatable bonds is 2. The van der Waals surface area contributed by atoms with Crippen molar-refractivity contribution in [2.45, 2.75) is 12.8 Å². The van der Waals surface area contributed by atoms with Crippen molar-refractivity contribution in [2.75, 3.05) is 14.2 Å². The molecule has 0 saturated heterocycles. The average molecular weight is 228 g/mol. The van der Waals surface area contributed by atoms with Crippen LogP contribution in [-0.4, -0.2) is 37.7 Å². The van der Waals surface area contributed by atoms with E-state index < -0.39 is 41.8 Å². The summed E-state index contributed by atoms with van der Waals surface area (Å²) in [5.41, 5.74) is 0. The Labute approximate surface area is 91.9 Å². The molecule has 0 N–H and O–H groups in total. The Kier molecular flexibility index (Phi) is 3.76. The van der Waals surface area contributed by atoms with Crippen molar-refractivity contribution in [3.8, 4) is 0 Å². The van der Waals surface area contributed by atoms with Gasteiger partial charge < -0.3 is 9.47 Å². The first kappa shape index (κ1) is 12.4. The molecule has 0 aromatic rings. The number of carbonyl (C=O) groups excluding carboxylic acids is 4. The van der Waals surface area contributed by atoms with Crippen molar-refractivity contribution in [1.29, 1.82) is 0 Å². The molecule has 1 aliphatic rings. The third-order valence-electron chi connectivity index (χ3n) is 2.57. The summed E-state index contributed by atoms with van der Waals surface area (Å²) in [5, 5.41) is 0. The topological polar surface area (TPSA) is 86.7 Å². The molecule has 6 nitrogen and oxygen atoms in total. The molecule has 16 heavy (non-hydrogen) atoms. The average Bonchev–Trinajstić information content (AvgIpc) is 2.27. The summed E-state index contributed by atoms with van der Waals surface area (Å²) in [4.78, 5) is 45.2. The van der Waals surface area contributed by atoms with Gasteiger partial charge in [0.1, 0.15) is 11.8 Å². The molecule has 0 spiro atoms. The SMILES string of the molecule is COC(=O)C1CC(C(=O)OC)C(=O)CC1=O. The second-order valence-corrected chi connectivity index (χ2v) is 3.50. The molecule has 1 saturated carbocycles. The van der Waals surface area contributed by atoms with E-state index in [-0.39, 0.29) is 6.42 Å². The van der Waals surface area contributed by atoms with Crippen molar-refractivity contribution in [3.05, 3.63) is 0 Å². The molecule has 1 rings (SSSR count). The Morgan fingerprint density at radius 3 is 1.69 bits per heavy atom. The lowest BCUT2D eigenvalue weighted by molar-refractivity contribution is -0.157. The highest BCUT2D eigenvalue weighted by molar-refractivity contribution is 6.15. The standard InChI is InChI=1S/C10H12O6/c1-15-9(13)5-3-6(10(14)16-2)8(12)4-7(5)11/h5-6H,3-4H2,1-2H3. The Morgan fingerprint density at radius 1 is 1.00 bits per heavy atom. The molecule has 0 heterocycles. The van der Waals surface area contributed by atoms with Crippen molar-refractivity contribution in [3.63, 3.8) is 0 Å². The predicted octanol–water partition coefficient (Wildman–Crippen LogP) is -0.503. The van der Waals surface area contributed by atoms with Gasteiger partial charge in [-0.15, -0.1) is 0 Å². The van der Waals surface area contributed by atoms with Gasteiger partial charge in [-0.05, 0) is 6.42 Å². The minimum absolute atomic E-state index is 0.156. The molecule has 1 aliphatic carbocycles. The van der Waals surface area contributed by atoms with E-state index in [2.05, 4.69) is 9.47 Å². The Bertz CT molecular complexity index is 313. The van der Waals surface area contributed by atoms with Crippen LogP contribution < -0.4 is 0 Å². The van der Waals surface area contributed by atoms with Crippen molar-refractivity contribution in [2.24, 2.45) is 11.8 Å². The molecule has 6 heteroatoms. The molecular weight excluding hydrogens is 216 g/mol. The van der Waals surface area contributed by atoms with Gasteiger partial charge >= 0.3 is 11.9 Å². The van der Waals surface area contributed by atoms with Gasteiger partial charge in [0.25, 0.3) is 0 Å². The second-order valence-electron chi connectivity index (χ2n) is 3.50. The number of esters is 2. The summed E-state index contributed by atoms with van der Waals surface area (Å²) in [5.74, 6) is -4.51. The van der Waals surface area contributed by atoms with Crippen molar-refractivity contribution >= 4 is 23.5 Å². The van der Waals surface area contributed by atoms with E-state index >= 15 is 0 Å². The fraction of sp³-hybridized carbons (Fsp3) is 0.600. The highest BCUT2D eigenvalue weighted by atomic mass is 16.5. The number of Topliss-reactive ketones (excluding diaryl/α,β-unsaturated/α-hetero) is 2. The van der Waals surface area contributed by atoms with Crippen LogP contribution in [0.2, 0.25) is 0 Å². The molecule has 0 radical (unpaired) electrons. The van der Waals surface area contributed by atoms with Crippen LogP contribution in [0, 0.1) is 11.8 Å². The first-order valence-electron chi connectivity index (χ1n) is 4.72. The maximum Gasteiger partial charge on any atom is 0.316 e. The monoisotopic (exact) mass is 228 g/mol. The fourth-order valence-corrected chi connectivity index (χ4v) is 1.66. The summed E-state index contributed by atoms with van der Waals surface area (Å²) in [6.07, 6.45) is -0.573. The third kappa shape index (κ3) is 2.26. The summed E-state index contributed by atoms with van der Waals surface area (Å²) < 4.78 is 8.87. The molecule has 88 valence electrons. The van der Waals surface area contributed by atoms with Gasteiger partial charge in [-0.3, -0.25) is 19.2 Å². The molecule has 0 bridgehead atoms. The van der Waals surface area contributed by atoms with E-state index in [1.54, 1.807) is 0 Å². The normalized spacial score (nSPS) is 25.1. The summed E-state index contributed by atoms with van der Waals surface area (Å²) >= 11 is 0. The number of ether oxygens (including phenoxy) is 2. The molecular formula is C10H12O6. The zero-order valence-corrected chi connectivity index (χ0v) is 9.02. The maximum atomic E-state index is 11.4. The third-order valence-corrected chi connectivity index (χ3v) is 2.57. The largest absolute Gasteiger partial charge is 0.468 e. The molecule has 2 unspecified atom stereocenters. The van der Waals surface area contributed by atoms with E-state index in [0.29, 0.717) is 0 Å². The van der Waals surface area contributed by atoms with Crippen LogP contribution in [0.15, 0.2) is 0 Å². The van der Waals surface area contributed by atoms with Crippen LogP contribution in [0.1, 0.15) is 12.8 Å². The van der Waals surface area contributed by atoms with Gasteiger partial charge in [-0.1, -0.05) is 0 Å². The van der Waals surface area contributed by atoms with Gasteiger partial charge in [0.2, 0.25) is 0 Å². The lowest BCUT2D eigenvalue weighted by Crippen LogP contribution is -2.40. The fourth-order valence-electron chi connectivity index (χ4n) is 1.66. The molecule has 0 aromatic carbocycles. The van der Waals surface area contributed by atoms with E-state index in [0.717, 1.165) is 14.2 Å².